The van der Waals surface area contributed by atoms with Crippen LogP contribution >= 0.6 is 0 Å². The van der Waals surface area contributed by atoms with Crippen molar-refractivity contribution >= 4 is 17.8 Å². The minimum atomic E-state index is -1.19. The average molecular weight is 281 g/mol. The quantitative estimate of drug-likeness (QED) is 0.675. The lowest BCUT2D eigenvalue weighted by atomic mass is 10.1. The molecule has 1 heterocycles. The lowest BCUT2D eigenvalue weighted by Crippen LogP contribution is -2.42. The summed E-state index contributed by atoms with van der Waals surface area (Å²) in [4.78, 5) is 33.8. The number of carboxylic acid groups (broad SMARTS) is 1. The monoisotopic (exact) mass is 281 g/mol. The minimum Gasteiger partial charge on any atom is -0.480 e. The summed E-state index contributed by atoms with van der Waals surface area (Å²) in [5.41, 5.74) is 5.36. The fourth-order valence-corrected chi connectivity index (χ4v) is 1.81. The number of aliphatic carboxylic acids is 1. The van der Waals surface area contributed by atoms with Crippen LogP contribution in [0.4, 0.5) is 0 Å². The standard InChI is InChI=1S/C13H19N3O4/c1-8(2)16-7-3-4-10(16)12(18)15-9(13(19)20)5-6-11(14)17/h3-4,7-9H,5-6H2,1-2H3,(H2,14,17)(H,15,18)(H,19,20). The minimum absolute atomic E-state index is 0.0290. The molecular formula is C13H19N3O4. The summed E-state index contributed by atoms with van der Waals surface area (Å²) in [6.07, 6.45) is 1.62. The van der Waals surface area contributed by atoms with Crippen molar-refractivity contribution in [3.63, 3.8) is 0 Å². The Hall–Kier alpha value is -2.31. The second-order valence-electron chi connectivity index (χ2n) is 4.76. The summed E-state index contributed by atoms with van der Waals surface area (Å²) in [5.74, 6) is -2.28. The van der Waals surface area contributed by atoms with Crippen molar-refractivity contribution < 1.29 is 19.5 Å². The van der Waals surface area contributed by atoms with Crippen molar-refractivity contribution in [2.45, 2.75) is 38.8 Å². The highest BCUT2D eigenvalue weighted by Crippen LogP contribution is 2.11. The van der Waals surface area contributed by atoms with Gasteiger partial charge >= 0.3 is 5.97 Å². The number of nitrogens with zero attached hydrogens (tertiary/aromatic N) is 1. The topological polar surface area (TPSA) is 114 Å². The van der Waals surface area contributed by atoms with Crippen molar-refractivity contribution in [2.24, 2.45) is 5.73 Å². The van der Waals surface area contributed by atoms with Gasteiger partial charge in [-0.05, 0) is 32.4 Å². The average Bonchev–Trinajstić information content (AvgIpc) is 2.82. The van der Waals surface area contributed by atoms with Gasteiger partial charge < -0.3 is 20.7 Å². The molecule has 0 aliphatic rings. The SMILES string of the molecule is CC(C)n1cccc1C(=O)NC(CCC(N)=O)C(=O)O. The Morgan fingerprint density at radius 3 is 2.55 bits per heavy atom. The fraction of sp³-hybridized carbons (Fsp3) is 0.462. The molecule has 110 valence electrons. The number of aromatic nitrogens is 1. The molecule has 0 saturated heterocycles. The maximum atomic E-state index is 12.1. The van der Waals surface area contributed by atoms with Crippen LogP contribution in [0.2, 0.25) is 0 Å². The van der Waals surface area contributed by atoms with Gasteiger partial charge in [0.1, 0.15) is 11.7 Å². The van der Waals surface area contributed by atoms with Gasteiger partial charge in [0.05, 0.1) is 0 Å². The van der Waals surface area contributed by atoms with Gasteiger partial charge in [-0.1, -0.05) is 0 Å². The molecule has 0 bridgehead atoms. The van der Waals surface area contributed by atoms with E-state index in [0.717, 1.165) is 0 Å². The van der Waals surface area contributed by atoms with Crippen molar-refractivity contribution in [1.82, 2.24) is 9.88 Å². The number of carboxylic acids is 1. The van der Waals surface area contributed by atoms with E-state index in [1.165, 1.54) is 0 Å². The van der Waals surface area contributed by atoms with E-state index in [2.05, 4.69) is 5.32 Å². The van der Waals surface area contributed by atoms with Gasteiger partial charge in [0, 0.05) is 18.7 Å². The van der Waals surface area contributed by atoms with Gasteiger partial charge in [0.2, 0.25) is 5.91 Å². The molecule has 1 unspecified atom stereocenters. The van der Waals surface area contributed by atoms with Crippen molar-refractivity contribution in [1.29, 1.82) is 0 Å². The first-order valence-electron chi connectivity index (χ1n) is 6.31. The molecule has 1 atom stereocenters. The summed E-state index contributed by atoms with van der Waals surface area (Å²) >= 11 is 0. The molecule has 0 aromatic carbocycles. The number of rotatable bonds is 7. The Balaban J connectivity index is 2.77. The van der Waals surface area contributed by atoms with Crippen molar-refractivity contribution in [2.75, 3.05) is 0 Å². The van der Waals surface area contributed by atoms with Gasteiger partial charge in [-0.2, -0.15) is 0 Å². The van der Waals surface area contributed by atoms with E-state index in [0.29, 0.717) is 5.69 Å². The Bertz CT molecular complexity index is 507. The van der Waals surface area contributed by atoms with Crippen molar-refractivity contribution in [3.8, 4) is 0 Å². The number of hydrogen-bond acceptors (Lipinski definition) is 3. The van der Waals surface area contributed by atoms with E-state index in [1.807, 2.05) is 13.8 Å². The molecule has 0 saturated carbocycles. The van der Waals surface area contributed by atoms with E-state index >= 15 is 0 Å². The van der Waals surface area contributed by atoms with Gasteiger partial charge in [0.15, 0.2) is 0 Å². The first-order chi connectivity index (χ1) is 9.32. The fourth-order valence-electron chi connectivity index (χ4n) is 1.81. The highest BCUT2D eigenvalue weighted by molar-refractivity contribution is 5.95. The Morgan fingerprint density at radius 1 is 1.40 bits per heavy atom. The predicted molar refractivity (Wildman–Crippen MR) is 72.1 cm³/mol. The zero-order valence-corrected chi connectivity index (χ0v) is 11.5. The zero-order valence-electron chi connectivity index (χ0n) is 11.5. The second-order valence-corrected chi connectivity index (χ2v) is 4.76. The van der Waals surface area contributed by atoms with E-state index in [-0.39, 0.29) is 18.9 Å². The van der Waals surface area contributed by atoms with Crippen LogP contribution < -0.4 is 11.1 Å². The molecule has 7 heteroatoms. The third kappa shape index (κ3) is 4.11. The molecule has 0 spiro atoms. The largest absolute Gasteiger partial charge is 0.480 e. The molecule has 1 aromatic heterocycles. The molecule has 1 rings (SSSR count). The lowest BCUT2D eigenvalue weighted by Gasteiger charge is -2.16. The summed E-state index contributed by atoms with van der Waals surface area (Å²) < 4.78 is 1.74. The molecule has 0 radical (unpaired) electrons. The lowest BCUT2D eigenvalue weighted by molar-refractivity contribution is -0.139. The maximum absolute atomic E-state index is 12.1. The van der Waals surface area contributed by atoms with E-state index in [4.69, 9.17) is 10.8 Å². The van der Waals surface area contributed by atoms with Crippen LogP contribution in [-0.2, 0) is 9.59 Å². The number of nitrogens with two attached hydrogens (primary N) is 1. The normalized spacial score (nSPS) is 12.2. The smallest absolute Gasteiger partial charge is 0.326 e. The Kier molecular flexibility index (Phi) is 5.31. The number of carbonyl (C=O) groups is 3. The van der Waals surface area contributed by atoms with Crippen LogP contribution in [0, 0.1) is 0 Å². The molecule has 1 aromatic rings. The first-order valence-corrected chi connectivity index (χ1v) is 6.31. The number of nitrogens with one attached hydrogen (secondary N) is 1. The Labute approximate surface area is 116 Å². The number of amides is 2. The second kappa shape index (κ2) is 6.74. The molecule has 0 aliphatic heterocycles. The van der Waals surface area contributed by atoms with Crippen LogP contribution in [0.25, 0.3) is 0 Å². The van der Waals surface area contributed by atoms with Crippen LogP contribution in [0.1, 0.15) is 43.2 Å². The van der Waals surface area contributed by atoms with Gasteiger partial charge in [-0.15, -0.1) is 0 Å². The van der Waals surface area contributed by atoms with Gasteiger partial charge in [0.25, 0.3) is 5.91 Å². The van der Waals surface area contributed by atoms with Crippen LogP contribution in [0.15, 0.2) is 18.3 Å². The summed E-state index contributed by atoms with van der Waals surface area (Å²) in [6, 6.07) is 2.28. The van der Waals surface area contributed by atoms with Crippen LogP contribution in [0.5, 0.6) is 0 Å². The highest BCUT2D eigenvalue weighted by atomic mass is 16.4. The van der Waals surface area contributed by atoms with E-state index in [1.54, 1.807) is 22.9 Å². The zero-order chi connectivity index (χ0) is 15.3. The molecular weight excluding hydrogens is 262 g/mol. The molecule has 2 amide bonds. The molecule has 7 nitrogen and oxygen atoms in total. The maximum Gasteiger partial charge on any atom is 0.326 e. The summed E-state index contributed by atoms with van der Waals surface area (Å²) in [6.45, 7) is 3.83. The van der Waals surface area contributed by atoms with E-state index < -0.39 is 23.8 Å². The van der Waals surface area contributed by atoms with Gasteiger partial charge in [-0.3, -0.25) is 9.59 Å². The van der Waals surface area contributed by atoms with Crippen LogP contribution in [0.3, 0.4) is 0 Å². The highest BCUT2D eigenvalue weighted by Gasteiger charge is 2.22. The molecule has 0 aliphatic carbocycles. The third-order valence-electron chi connectivity index (χ3n) is 2.85. The Morgan fingerprint density at radius 2 is 2.05 bits per heavy atom. The molecule has 0 fully saturated rings. The summed E-state index contributed by atoms with van der Waals surface area (Å²) in [7, 11) is 0. The molecule has 4 N–H and O–H groups in total. The van der Waals surface area contributed by atoms with E-state index in [9.17, 15) is 14.4 Å². The predicted octanol–water partition coefficient (Wildman–Crippen LogP) is 0.517. The first kappa shape index (κ1) is 15.7. The van der Waals surface area contributed by atoms with Crippen LogP contribution in [-0.4, -0.2) is 33.5 Å². The molecule has 20 heavy (non-hydrogen) atoms. The number of primary amides is 1. The van der Waals surface area contributed by atoms with Gasteiger partial charge in [-0.25, -0.2) is 4.79 Å². The summed E-state index contributed by atoms with van der Waals surface area (Å²) in [5, 5.41) is 11.4. The number of carbonyl (C=O) groups excluding carboxylic acids is 2. The van der Waals surface area contributed by atoms with Crippen molar-refractivity contribution in [3.05, 3.63) is 24.0 Å². The third-order valence-corrected chi connectivity index (χ3v) is 2.85. The number of hydrogen-bond donors (Lipinski definition) is 3.